The molecule has 5 nitrogen and oxygen atoms in total. The van der Waals surface area contributed by atoms with Crippen LogP contribution in [0.2, 0.25) is 0 Å². The minimum atomic E-state index is 0.0159. The summed E-state index contributed by atoms with van der Waals surface area (Å²) in [4.78, 5) is 14.1. The van der Waals surface area contributed by atoms with E-state index in [0.29, 0.717) is 13.0 Å². The number of hydrazine groups is 1. The first-order valence-electron chi connectivity index (χ1n) is 7.06. The van der Waals surface area contributed by atoms with Crippen LogP contribution in [0.1, 0.15) is 12.0 Å². The van der Waals surface area contributed by atoms with Crippen molar-refractivity contribution >= 4 is 5.91 Å². The molecule has 1 N–H and O–H groups in total. The van der Waals surface area contributed by atoms with Gasteiger partial charge in [-0.25, -0.2) is 5.01 Å². The smallest absolute Gasteiger partial charge is 0.237 e. The number of likely N-dealkylation sites (N-methyl/N-ethyl adjacent to an activating group) is 1. The molecule has 1 aliphatic rings. The number of carbonyl (C=O) groups excluding carboxylic acids is 1. The Kier molecular flexibility index (Phi) is 5.38. The van der Waals surface area contributed by atoms with Crippen LogP contribution in [0.15, 0.2) is 24.3 Å². The maximum atomic E-state index is 11.8. The molecule has 0 unspecified atom stereocenters. The number of aryl methyl sites for hydroxylation is 1. The van der Waals surface area contributed by atoms with E-state index in [4.69, 9.17) is 4.74 Å². The number of ether oxygens (including phenoxy) is 1. The number of carbonyl (C=O) groups is 1. The van der Waals surface area contributed by atoms with E-state index in [2.05, 4.69) is 17.4 Å². The molecule has 110 valence electrons. The standard InChI is InChI=1S/C15H23N3O2/c1-13-4-3-5-14(12-13)20-11-6-15(19)16-18-9-7-17(2)8-10-18/h3-5,12H,6-11H2,1-2H3,(H,16,19). The second kappa shape index (κ2) is 7.26. The van der Waals surface area contributed by atoms with E-state index in [1.807, 2.05) is 36.2 Å². The zero-order valence-electron chi connectivity index (χ0n) is 12.3. The lowest BCUT2D eigenvalue weighted by Crippen LogP contribution is -2.52. The van der Waals surface area contributed by atoms with Gasteiger partial charge in [-0.15, -0.1) is 0 Å². The number of piperazine rings is 1. The van der Waals surface area contributed by atoms with Crippen LogP contribution in [-0.4, -0.2) is 55.6 Å². The summed E-state index contributed by atoms with van der Waals surface area (Å²) in [5, 5.41) is 1.98. The van der Waals surface area contributed by atoms with Gasteiger partial charge in [0.25, 0.3) is 0 Å². The molecule has 1 heterocycles. The van der Waals surface area contributed by atoms with Crippen LogP contribution in [0.3, 0.4) is 0 Å². The van der Waals surface area contributed by atoms with Crippen LogP contribution in [0.4, 0.5) is 0 Å². The van der Waals surface area contributed by atoms with Gasteiger partial charge in [0.15, 0.2) is 0 Å². The highest BCUT2D eigenvalue weighted by Crippen LogP contribution is 2.12. The van der Waals surface area contributed by atoms with Crippen molar-refractivity contribution < 1.29 is 9.53 Å². The third kappa shape index (κ3) is 4.83. The van der Waals surface area contributed by atoms with Crippen molar-refractivity contribution in [3.63, 3.8) is 0 Å². The zero-order valence-corrected chi connectivity index (χ0v) is 12.3. The summed E-state index contributed by atoms with van der Waals surface area (Å²) in [5.41, 5.74) is 4.08. The van der Waals surface area contributed by atoms with Gasteiger partial charge in [-0.3, -0.25) is 10.2 Å². The molecule has 20 heavy (non-hydrogen) atoms. The van der Waals surface area contributed by atoms with E-state index in [9.17, 15) is 4.79 Å². The number of nitrogens with one attached hydrogen (secondary N) is 1. The van der Waals surface area contributed by atoms with E-state index < -0.39 is 0 Å². The Bertz CT molecular complexity index is 442. The van der Waals surface area contributed by atoms with Crippen LogP contribution < -0.4 is 10.2 Å². The van der Waals surface area contributed by atoms with Gasteiger partial charge in [-0.05, 0) is 31.7 Å². The van der Waals surface area contributed by atoms with E-state index >= 15 is 0 Å². The summed E-state index contributed by atoms with van der Waals surface area (Å²) in [5.74, 6) is 0.833. The van der Waals surface area contributed by atoms with Gasteiger partial charge in [-0.2, -0.15) is 0 Å². The highest BCUT2D eigenvalue weighted by Gasteiger charge is 2.15. The lowest BCUT2D eigenvalue weighted by Gasteiger charge is -2.32. The molecule has 0 atom stereocenters. The number of benzene rings is 1. The first kappa shape index (κ1) is 14.8. The maximum Gasteiger partial charge on any atom is 0.237 e. The minimum absolute atomic E-state index is 0.0159. The first-order valence-corrected chi connectivity index (χ1v) is 7.06. The molecule has 0 spiro atoms. The molecule has 0 aliphatic carbocycles. The van der Waals surface area contributed by atoms with E-state index in [1.165, 1.54) is 0 Å². The molecule has 1 aromatic carbocycles. The molecule has 5 heteroatoms. The van der Waals surface area contributed by atoms with Crippen molar-refractivity contribution in [3.8, 4) is 5.75 Å². The first-order chi connectivity index (χ1) is 9.63. The van der Waals surface area contributed by atoms with Crippen molar-refractivity contribution in [2.45, 2.75) is 13.3 Å². The van der Waals surface area contributed by atoms with Gasteiger partial charge in [0, 0.05) is 26.2 Å². The molecule has 2 rings (SSSR count). The predicted octanol–water partition coefficient (Wildman–Crippen LogP) is 1.04. The Hall–Kier alpha value is -1.59. The van der Waals surface area contributed by atoms with E-state index in [-0.39, 0.29) is 5.91 Å². The second-order valence-electron chi connectivity index (χ2n) is 5.24. The summed E-state index contributed by atoms with van der Waals surface area (Å²) >= 11 is 0. The van der Waals surface area contributed by atoms with Crippen molar-refractivity contribution in [1.82, 2.24) is 15.3 Å². The monoisotopic (exact) mass is 277 g/mol. The van der Waals surface area contributed by atoms with Crippen molar-refractivity contribution in [3.05, 3.63) is 29.8 Å². The van der Waals surface area contributed by atoms with E-state index in [1.54, 1.807) is 0 Å². The van der Waals surface area contributed by atoms with E-state index in [0.717, 1.165) is 37.5 Å². The third-order valence-electron chi connectivity index (χ3n) is 3.37. The van der Waals surface area contributed by atoms with Crippen LogP contribution in [0.5, 0.6) is 5.75 Å². The number of hydrogen-bond donors (Lipinski definition) is 1. The normalized spacial score (nSPS) is 16.9. The number of rotatable bonds is 5. The lowest BCUT2D eigenvalue weighted by atomic mass is 10.2. The number of nitrogens with zero attached hydrogens (tertiary/aromatic N) is 2. The molecule has 1 saturated heterocycles. The van der Waals surface area contributed by atoms with Gasteiger partial charge in [0.1, 0.15) is 5.75 Å². The SMILES string of the molecule is Cc1cccc(OCCC(=O)NN2CCN(C)CC2)c1. The Morgan fingerprint density at radius 2 is 2.05 bits per heavy atom. The molecular weight excluding hydrogens is 254 g/mol. The topological polar surface area (TPSA) is 44.8 Å². The average molecular weight is 277 g/mol. The largest absolute Gasteiger partial charge is 0.493 e. The van der Waals surface area contributed by atoms with Crippen LogP contribution >= 0.6 is 0 Å². The molecule has 1 fully saturated rings. The summed E-state index contributed by atoms with van der Waals surface area (Å²) in [6.07, 6.45) is 0.375. The summed E-state index contributed by atoms with van der Waals surface area (Å²) in [6, 6.07) is 7.85. The Morgan fingerprint density at radius 3 is 2.75 bits per heavy atom. The Balaban J connectivity index is 1.65. The fraction of sp³-hybridized carbons (Fsp3) is 0.533. The fourth-order valence-corrected chi connectivity index (χ4v) is 2.12. The highest BCUT2D eigenvalue weighted by molar-refractivity contribution is 5.75. The van der Waals surface area contributed by atoms with Gasteiger partial charge >= 0.3 is 0 Å². The molecule has 0 radical (unpaired) electrons. The fourth-order valence-electron chi connectivity index (χ4n) is 2.12. The zero-order chi connectivity index (χ0) is 14.4. The highest BCUT2D eigenvalue weighted by atomic mass is 16.5. The van der Waals surface area contributed by atoms with Crippen molar-refractivity contribution in [1.29, 1.82) is 0 Å². The maximum absolute atomic E-state index is 11.8. The Labute approximate surface area is 120 Å². The average Bonchev–Trinajstić information content (AvgIpc) is 2.41. The van der Waals surface area contributed by atoms with Crippen LogP contribution in [0, 0.1) is 6.92 Å². The van der Waals surface area contributed by atoms with Gasteiger partial charge in [-0.1, -0.05) is 12.1 Å². The number of hydrogen-bond acceptors (Lipinski definition) is 4. The molecule has 0 saturated carbocycles. The van der Waals surface area contributed by atoms with Crippen LogP contribution in [0.25, 0.3) is 0 Å². The van der Waals surface area contributed by atoms with Gasteiger partial charge in [0.05, 0.1) is 13.0 Å². The summed E-state index contributed by atoms with van der Waals surface area (Å²) in [7, 11) is 2.09. The molecule has 0 aromatic heterocycles. The second-order valence-corrected chi connectivity index (χ2v) is 5.24. The molecule has 1 amide bonds. The predicted molar refractivity (Wildman–Crippen MR) is 78.5 cm³/mol. The van der Waals surface area contributed by atoms with Crippen molar-refractivity contribution in [2.75, 3.05) is 39.8 Å². The summed E-state index contributed by atoms with van der Waals surface area (Å²) < 4.78 is 5.58. The Morgan fingerprint density at radius 1 is 1.30 bits per heavy atom. The van der Waals surface area contributed by atoms with Crippen LogP contribution in [-0.2, 0) is 4.79 Å². The van der Waals surface area contributed by atoms with Crippen molar-refractivity contribution in [2.24, 2.45) is 0 Å². The molecular formula is C15H23N3O2. The molecule has 1 aliphatic heterocycles. The minimum Gasteiger partial charge on any atom is -0.493 e. The quantitative estimate of drug-likeness (QED) is 0.873. The number of amides is 1. The lowest BCUT2D eigenvalue weighted by molar-refractivity contribution is -0.127. The third-order valence-corrected chi connectivity index (χ3v) is 3.37. The van der Waals surface area contributed by atoms with Gasteiger partial charge < -0.3 is 9.64 Å². The van der Waals surface area contributed by atoms with Gasteiger partial charge in [0.2, 0.25) is 5.91 Å². The summed E-state index contributed by atoms with van der Waals surface area (Å²) in [6.45, 7) is 6.15. The molecule has 0 bridgehead atoms. The molecule has 1 aromatic rings.